The van der Waals surface area contributed by atoms with E-state index in [1.165, 1.54) is 0 Å². The van der Waals surface area contributed by atoms with Crippen LogP contribution in [0, 0.1) is 13.8 Å². The van der Waals surface area contributed by atoms with E-state index in [0.29, 0.717) is 35.3 Å². The number of hydrogen-bond donors (Lipinski definition) is 0. The summed E-state index contributed by atoms with van der Waals surface area (Å²) in [6, 6.07) is 21.2. The average Bonchev–Trinajstić information content (AvgIpc) is 3.28. The third-order valence-electron chi connectivity index (χ3n) is 5.76. The molecule has 0 saturated heterocycles. The monoisotopic (exact) mass is 458 g/mol. The summed E-state index contributed by atoms with van der Waals surface area (Å²) < 4.78 is 10.9. The fraction of sp³-hybridized carbons (Fsp3) is 0.185. The van der Waals surface area contributed by atoms with Crippen LogP contribution in [0.15, 0.2) is 66.7 Å². The Balaban J connectivity index is 1.51. The van der Waals surface area contributed by atoms with Gasteiger partial charge in [0.2, 0.25) is 6.79 Å². The van der Waals surface area contributed by atoms with Crippen LogP contribution in [0.25, 0.3) is 10.9 Å². The van der Waals surface area contributed by atoms with Crippen LogP contribution in [0.5, 0.6) is 11.5 Å². The Morgan fingerprint density at radius 1 is 0.970 bits per heavy atom. The number of benzene rings is 3. The highest BCUT2D eigenvalue weighted by Gasteiger charge is 2.21. The third kappa shape index (κ3) is 4.37. The fourth-order valence-electron chi connectivity index (χ4n) is 4.21. The first-order valence-electron chi connectivity index (χ1n) is 10.8. The smallest absolute Gasteiger partial charge is 0.254 e. The summed E-state index contributed by atoms with van der Waals surface area (Å²) in [6.07, 6.45) is 0. The highest BCUT2D eigenvalue weighted by molar-refractivity contribution is 6.30. The van der Waals surface area contributed by atoms with Gasteiger partial charge in [-0.15, -0.1) is 0 Å². The quantitative estimate of drug-likeness (QED) is 0.340. The van der Waals surface area contributed by atoms with E-state index in [1.54, 1.807) is 4.90 Å². The van der Waals surface area contributed by atoms with Gasteiger partial charge < -0.3 is 14.4 Å². The first kappa shape index (κ1) is 21.3. The molecule has 5 nitrogen and oxygen atoms in total. The predicted octanol–water partition coefficient (Wildman–Crippen LogP) is 6.08. The third-order valence-corrected chi connectivity index (χ3v) is 6.09. The van der Waals surface area contributed by atoms with E-state index in [0.717, 1.165) is 33.2 Å². The number of fused-ring (bicyclic) bond motifs is 2. The van der Waals surface area contributed by atoms with Crippen molar-refractivity contribution in [3.63, 3.8) is 0 Å². The number of carbonyl (C=O) groups excluding carboxylic acids is 1. The van der Waals surface area contributed by atoms with Crippen molar-refractivity contribution in [2.75, 3.05) is 6.79 Å². The van der Waals surface area contributed by atoms with Crippen molar-refractivity contribution in [1.29, 1.82) is 0 Å². The Morgan fingerprint density at radius 3 is 2.58 bits per heavy atom. The Hall–Kier alpha value is -3.57. The van der Waals surface area contributed by atoms with E-state index in [4.69, 9.17) is 21.1 Å². The van der Waals surface area contributed by atoms with E-state index < -0.39 is 0 Å². The van der Waals surface area contributed by atoms with E-state index in [-0.39, 0.29) is 12.7 Å². The Morgan fingerprint density at radius 2 is 1.76 bits per heavy atom. The number of amides is 1. The zero-order valence-electron chi connectivity index (χ0n) is 18.5. The maximum atomic E-state index is 13.5. The van der Waals surface area contributed by atoms with Gasteiger partial charge in [-0.2, -0.15) is 0 Å². The zero-order valence-corrected chi connectivity index (χ0v) is 19.2. The molecule has 166 valence electrons. The number of aromatic nitrogens is 1. The Bertz CT molecular complexity index is 1350. The highest BCUT2D eigenvalue weighted by Crippen LogP contribution is 2.33. The van der Waals surface area contributed by atoms with Crippen LogP contribution in [0.3, 0.4) is 0 Å². The number of halogens is 1. The van der Waals surface area contributed by atoms with Crippen LogP contribution >= 0.6 is 11.6 Å². The summed E-state index contributed by atoms with van der Waals surface area (Å²) in [4.78, 5) is 19.9. The normalized spacial score (nSPS) is 12.2. The minimum absolute atomic E-state index is 0.0788. The summed E-state index contributed by atoms with van der Waals surface area (Å²) in [5.41, 5.74) is 5.49. The van der Waals surface area contributed by atoms with Crippen molar-refractivity contribution in [3.05, 3.63) is 99.7 Å². The van der Waals surface area contributed by atoms with E-state index in [9.17, 15) is 4.79 Å². The van der Waals surface area contributed by atoms with Gasteiger partial charge in [-0.3, -0.25) is 4.79 Å². The molecule has 1 amide bonds. The first-order valence-corrected chi connectivity index (χ1v) is 11.1. The molecule has 0 radical (unpaired) electrons. The molecular weight excluding hydrogens is 436 g/mol. The van der Waals surface area contributed by atoms with Crippen molar-refractivity contribution in [2.24, 2.45) is 0 Å². The zero-order chi connectivity index (χ0) is 22.9. The number of ether oxygens (including phenoxy) is 2. The standard InChI is InChI=1S/C27H23ClN2O3/c1-17-10-18(2)25-21(11-17)13-22(26(28)29-25)15-30(27(31)20-6-4-3-5-7-20)14-19-8-9-23-24(12-19)33-16-32-23/h3-13H,14-16H2,1-2H3. The molecule has 0 atom stereocenters. The number of carbonyl (C=O) groups is 1. The van der Waals surface area contributed by atoms with Gasteiger partial charge >= 0.3 is 0 Å². The van der Waals surface area contributed by atoms with E-state index in [2.05, 4.69) is 24.0 Å². The van der Waals surface area contributed by atoms with Crippen molar-refractivity contribution in [2.45, 2.75) is 26.9 Å². The van der Waals surface area contributed by atoms with Crippen LogP contribution in [0.4, 0.5) is 0 Å². The molecule has 3 aromatic carbocycles. The molecule has 33 heavy (non-hydrogen) atoms. The lowest BCUT2D eigenvalue weighted by molar-refractivity contribution is 0.0730. The number of hydrogen-bond acceptors (Lipinski definition) is 4. The number of aryl methyl sites for hydroxylation is 2. The lowest BCUT2D eigenvalue weighted by Crippen LogP contribution is -2.30. The van der Waals surface area contributed by atoms with Crippen molar-refractivity contribution < 1.29 is 14.3 Å². The molecule has 0 aliphatic carbocycles. The van der Waals surface area contributed by atoms with E-state index >= 15 is 0 Å². The van der Waals surface area contributed by atoms with Crippen LogP contribution in [0.1, 0.15) is 32.6 Å². The van der Waals surface area contributed by atoms with Gasteiger partial charge in [0.05, 0.1) is 5.52 Å². The van der Waals surface area contributed by atoms with Gasteiger partial charge in [-0.25, -0.2) is 4.98 Å². The number of pyridine rings is 1. The summed E-state index contributed by atoms with van der Waals surface area (Å²) in [7, 11) is 0. The van der Waals surface area contributed by atoms with Gasteiger partial charge in [-0.05, 0) is 61.4 Å². The molecule has 1 aliphatic heterocycles. The molecule has 0 saturated carbocycles. The average molecular weight is 459 g/mol. The van der Waals surface area contributed by atoms with Crippen molar-refractivity contribution in [3.8, 4) is 11.5 Å². The summed E-state index contributed by atoms with van der Waals surface area (Å²) in [5, 5.41) is 1.42. The summed E-state index contributed by atoms with van der Waals surface area (Å²) >= 11 is 6.60. The minimum Gasteiger partial charge on any atom is -0.454 e. The van der Waals surface area contributed by atoms with Crippen molar-refractivity contribution in [1.82, 2.24) is 9.88 Å². The highest BCUT2D eigenvalue weighted by atomic mass is 35.5. The molecule has 2 heterocycles. The second-order valence-electron chi connectivity index (χ2n) is 8.31. The molecular formula is C27H23ClN2O3. The first-order chi connectivity index (χ1) is 16.0. The number of rotatable bonds is 5. The predicted molar refractivity (Wildman–Crippen MR) is 129 cm³/mol. The van der Waals surface area contributed by atoms with Gasteiger partial charge in [0.15, 0.2) is 11.5 Å². The van der Waals surface area contributed by atoms with Gasteiger partial charge in [0.1, 0.15) is 5.15 Å². The second-order valence-corrected chi connectivity index (χ2v) is 8.66. The topological polar surface area (TPSA) is 51.7 Å². The van der Waals surface area contributed by atoms with Crippen LogP contribution in [-0.2, 0) is 13.1 Å². The molecule has 0 unspecified atom stereocenters. The molecule has 0 fully saturated rings. The number of nitrogens with zero attached hydrogens (tertiary/aromatic N) is 2. The largest absolute Gasteiger partial charge is 0.454 e. The minimum atomic E-state index is -0.0788. The van der Waals surface area contributed by atoms with Gasteiger partial charge in [-0.1, -0.05) is 47.5 Å². The molecule has 0 N–H and O–H groups in total. The van der Waals surface area contributed by atoms with Crippen LogP contribution in [0.2, 0.25) is 5.15 Å². The second kappa shape index (κ2) is 8.75. The molecule has 0 spiro atoms. The molecule has 1 aromatic heterocycles. The Kier molecular flexibility index (Phi) is 5.65. The van der Waals surface area contributed by atoms with Gasteiger partial charge in [0.25, 0.3) is 5.91 Å². The maximum absolute atomic E-state index is 13.5. The van der Waals surface area contributed by atoms with Crippen LogP contribution in [-0.4, -0.2) is 22.6 Å². The lowest BCUT2D eigenvalue weighted by atomic mass is 10.0. The molecule has 5 rings (SSSR count). The van der Waals surface area contributed by atoms with Crippen molar-refractivity contribution >= 4 is 28.4 Å². The molecule has 4 aromatic rings. The molecule has 0 bridgehead atoms. The molecule has 6 heteroatoms. The Labute approximate surface area is 197 Å². The van der Waals surface area contributed by atoms with Gasteiger partial charge in [0, 0.05) is 29.6 Å². The SMILES string of the molecule is Cc1cc(C)c2nc(Cl)c(CN(Cc3ccc4c(c3)OCO4)C(=O)c3ccccc3)cc2c1. The maximum Gasteiger partial charge on any atom is 0.254 e. The van der Waals surface area contributed by atoms with Crippen LogP contribution < -0.4 is 9.47 Å². The summed E-state index contributed by atoms with van der Waals surface area (Å²) in [6.45, 7) is 5.03. The van der Waals surface area contributed by atoms with E-state index in [1.807, 2.05) is 61.5 Å². The fourth-order valence-corrected chi connectivity index (χ4v) is 4.41. The summed E-state index contributed by atoms with van der Waals surface area (Å²) in [5.74, 6) is 1.33. The molecule has 1 aliphatic rings. The lowest BCUT2D eigenvalue weighted by Gasteiger charge is -2.24.